The predicted molar refractivity (Wildman–Crippen MR) is 135 cm³/mol. The van der Waals surface area contributed by atoms with E-state index in [1.54, 1.807) is 70.3 Å². The van der Waals surface area contributed by atoms with E-state index in [0.29, 0.717) is 23.3 Å². The van der Waals surface area contributed by atoms with Crippen molar-refractivity contribution in [1.82, 2.24) is 9.21 Å². The van der Waals surface area contributed by atoms with Crippen LogP contribution >= 0.6 is 0 Å². The number of ether oxygens (including phenoxy) is 2. The monoisotopic (exact) mass is 518 g/mol. The second-order valence-electron chi connectivity index (χ2n) is 9.89. The molecule has 1 N–H and O–H groups in total. The molecule has 1 fully saturated rings. The molecule has 0 aromatic heterocycles. The number of hydrogen-bond acceptors (Lipinski definition) is 6. The predicted octanol–water partition coefficient (Wildman–Crippen LogP) is 4.43. The number of rotatable bonds is 7. The summed E-state index contributed by atoms with van der Waals surface area (Å²) in [6.07, 6.45) is -1.00. The number of aliphatic carboxylic acids is 1. The van der Waals surface area contributed by atoms with Crippen molar-refractivity contribution in [2.75, 3.05) is 20.7 Å². The van der Waals surface area contributed by atoms with E-state index < -0.39 is 33.9 Å². The Morgan fingerprint density at radius 2 is 1.75 bits per heavy atom. The molecule has 0 unspecified atom stereocenters. The van der Waals surface area contributed by atoms with E-state index in [9.17, 15) is 23.1 Å². The third-order valence-corrected chi connectivity index (χ3v) is 8.05. The van der Waals surface area contributed by atoms with Crippen LogP contribution in [0.1, 0.15) is 40.0 Å². The molecule has 0 saturated carbocycles. The van der Waals surface area contributed by atoms with Crippen molar-refractivity contribution in [3.8, 4) is 16.9 Å². The van der Waals surface area contributed by atoms with Gasteiger partial charge >= 0.3 is 12.1 Å². The van der Waals surface area contributed by atoms with Crippen LogP contribution in [0, 0.1) is 5.92 Å². The molecule has 1 saturated heterocycles. The average molecular weight is 519 g/mol. The summed E-state index contributed by atoms with van der Waals surface area (Å²) < 4.78 is 39.8. The van der Waals surface area contributed by atoms with Crippen molar-refractivity contribution in [3.05, 3.63) is 48.5 Å². The summed E-state index contributed by atoms with van der Waals surface area (Å²) in [5.41, 5.74) is 0.436. The highest BCUT2D eigenvalue weighted by molar-refractivity contribution is 7.89. The standard InChI is InChI=1S/C26H34N2O7S/c1-26(2,3)35-25(31)28-15-14-18(17-24(29)30)16-23(28)27(4)36(32,33)22-9-7-6-8-21(22)19-10-12-20(34-5)13-11-19/h6-13,18,23H,14-17H2,1-5H3,(H,29,30)/t18-,23-/m0/s1. The van der Waals surface area contributed by atoms with Crippen molar-refractivity contribution >= 4 is 22.1 Å². The molecule has 0 bridgehead atoms. The lowest BCUT2D eigenvalue weighted by Crippen LogP contribution is -2.56. The number of carboxylic acid groups (broad SMARTS) is 1. The molecule has 36 heavy (non-hydrogen) atoms. The third kappa shape index (κ3) is 6.36. The molecule has 9 nitrogen and oxygen atoms in total. The van der Waals surface area contributed by atoms with Crippen molar-refractivity contribution in [2.24, 2.45) is 5.92 Å². The van der Waals surface area contributed by atoms with Crippen LogP contribution in [0.2, 0.25) is 0 Å². The molecule has 0 radical (unpaired) electrons. The van der Waals surface area contributed by atoms with E-state index in [0.717, 1.165) is 4.31 Å². The lowest BCUT2D eigenvalue weighted by atomic mass is 9.91. The van der Waals surface area contributed by atoms with Gasteiger partial charge in [-0.25, -0.2) is 13.2 Å². The van der Waals surface area contributed by atoms with Crippen molar-refractivity contribution in [1.29, 1.82) is 0 Å². The minimum absolute atomic E-state index is 0.0853. The Hall–Kier alpha value is -3.11. The zero-order valence-corrected chi connectivity index (χ0v) is 22.1. The number of sulfonamides is 1. The van der Waals surface area contributed by atoms with Gasteiger partial charge in [0.15, 0.2) is 0 Å². The number of carbonyl (C=O) groups excluding carboxylic acids is 1. The minimum Gasteiger partial charge on any atom is -0.497 e. The summed E-state index contributed by atoms with van der Waals surface area (Å²) >= 11 is 0. The van der Waals surface area contributed by atoms with E-state index in [-0.39, 0.29) is 30.2 Å². The summed E-state index contributed by atoms with van der Waals surface area (Å²) in [5, 5.41) is 9.31. The quantitative estimate of drug-likeness (QED) is 0.577. The maximum absolute atomic E-state index is 13.9. The van der Waals surface area contributed by atoms with E-state index in [1.165, 1.54) is 18.0 Å². The van der Waals surface area contributed by atoms with E-state index in [1.807, 2.05) is 0 Å². The molecule has 0 aliphatic carbocycles. The van der Waals surface area contributed by atoms with Crippen LogP contribution in [-0.2, 0) is 19.6 Å². The summed E-state index contributed by atoms with van der Waals surface area (Å²) in [4.78, 5) is 25.9. The number of hydrogen-bond donors (Lipinski definition) is 1. The fourth-order valence-electron chi connectivity index (χ4n) is 4.34. The van der Waals surface area contributed by atoms with Crippen LogP contribution in [0.15, 0.2) is 53.4 Å². The van der Waals surface area contributed by atoms with Crippen LogP contribution in [0.25, 0.3) is 11.1 Å². The maximum atomic E-state index is 13.9. The van der Waals surface area contributed by atoms with Crippen LogP contribution < -0.4 is 4.74 Å². The Morgan fingerprint density at radius 1 is 1.11 bits per heavy atom. The number of likely N-dealkylation sites (tertiary alicyclic amines) is 1. The summed E-state index contributed by atoms with van der Waals surface area (Å²) in [5.74, 6) is -0.587. The summed E-state index contributed by atoms with van der Waals surface area (Å²) in [6.45, 7) is 5.41. The van der Waals surface area contributed by atoms with Crippen LogP contribution in [0.5, 0.6) is 5.75 Å². The topological polar surface area (TPSA) is 113 Å². The molecular formula is C26H34N2O7S. The highest BCUT2D eigenvalue weighted by atomic mass is 32.2. The fourth-order valence-corrected chi connectivity index (χ4v) is 5.89. The molecule has 2 atom stereocenters. The fraction of sp³-hybridized carbons (Fsp3) is 0.462. The Labute approximate surface area is 212 Å². The van der Waals surface area contributed by atoms with Crippen molar-refractivity contribution in [2.45, 2.75) is 56.7 Å². The molecule has 2 aromatic rings. The van der Waals surface area contributed by atoms with E-state index >= 15 is 0 Å². The number of benzene rings is 2. The lowest BCUT2D eigenvalue weighted by molar-refractivity contribution is -0.138. The molecule has 3 rings (SSSR count). The Balaban J connectivity index is 2.00. The minimum atomic E-state index is -4.09. The number of carbonyl (C=O) groups is 2. The van der Waals surface area contributed by atoms with E-state index in [4.69, 9.17) is 9.47 Å². The van der Waals surface area contributed by atoms with E-state index in [2.05, 4.69) is 0 Å². The number of carboxylic acids is 1. The molecule has 1 amide bonds. The largest absolute Gasteiger partial charge is 0.497 e. The zero-order chi connectivity index (χ0) is 26.7. The van der Waals surface area contributed by atoms with Gasteiger partial charge in [0, 0.05) is 25.6 Å². The molecule has 196 valence electrons. The van der Waals surface area contributed by atoms with Gasteiger partial charge in [-0.05, 0) is 63.3 Å². The summed E-state index contributed by atoms with van der Waals surface area (Å²) in [6, 6.07) is 13.7. The average Bonchev–Trinajstić information content (AvgIpc) is 2.82. The first-order valence-electron chi connectivity index (χ1n) is 11.8. The molecule has 1 heterocycles. The maximum Gasteiger partial charge on any atom is 0.411 e. The first kappa shape index (κ1) is 27.5. The van der Waals surface area contributed by atoms with Crippen LogP contribution in [0.3, 0.4) is 0 Å². The molecule has 2 aromatic carbocycles. The number of nitrogens with zero attached hydrogens (tertiary/aromatic N) is 2. The van der Waals surface area contributed by atoms with Gasteiger partial charge in [-0.1, -0.05) is 30.3 Å². The normalized spacial score (nSPS) is 18.7. The number of methoxy groups -OCH3 is 1. The third-order valence-electron chi connectivity index (χ3n) is 6.14. The van der Waals surface area contributed by atoms with Gasteiger partial charge in [0.2, 0.25) is 10.0 Å². The molecule has 10 heteroatoms. The first-order valence-corrected chi connectivity index (χ1v) is 13.2. The van der Waals surface area contributed by atoms with Gasteiger partial charge in [-0.15, -0.1) is 0 Å². The van der Waals surface area contributed by atoms with Gasteiger partial charge in [0.1, 0.15) is 17.5 Å². The van der Waals surface area contributed by atoms with Gasteiger partial charge < -0.3 is 14.6 Å². The van der Waals surface area contributed by atoms with Crippen molar-refractivity contribution < 1.29 is 32.6 Å². The SMILES string of the molecule is COc1ccc(-c2ccccc2S(=O)(=O)N(C)[C@@H]2C[C@@H](CC(=O)O)CCN2C(=O)OC(C)(C)C)cc1. The van der Waals surface area contributed by atoms with Crippen LogP contribution in [-0.4, -0.2) is 67.3 Å². The number of piperidine rings is 1. The molecular weight excluding hydrogens is 484 g/mol. The summed E-state index contributed by atoms with van der Waals surface area (Å²) in [7, 11) is -1.11. The second kappa shape index (κ2) is 10.9. The Bertz CT molecular complexity index is 1190. The highest BCUT2D eigenvalue weighted by Crippen LogP contribution is 2.35. The van der Waals surface area contributed by atoms with Gasteiger partial charge in [0.05, 0.1) is 12.0 Å². The smallest absolute Gasteiger partial charge is 0.411 e. The highest BCUT2D eigenvalue weighted by Gasteiger charge is 2.41. The molecule has 1 aliphatic heterocycles. The molecule has 0 spiro atoms. The second-order valence-corrected chi connectivity index (χ2v) is 11.9. The molecule has 1 aliphatic rings. The van der Waals surface area contributed by atoms with Gasteiger partial charge in [-0.3, -0.25) is 9.69 Å². The Morgan fingerprint density at radius 3 is 2.33 bits per heavy atom. The lowest BCUT2D eigenvalue weighted by Gasteiger charge is -2.43. The van der Waals surface area contributed by atoms with Gasteiger partial charge in [-0.2, -0.15) is 4.31 Å². The zero-order valence-electron chi connectivity index (χ0n) is 21.3. The number of amides is 1. The first-order chi connectivity index (χ1) is 16.8. The van der Waals surface area contributed by atoms with Gasteiger partial charge in [0.25, 0.3) is 0 Å². The Kier molecular flexibility index (Phi) is 8.30. The van der Waals surface area contributed by atoms with Crippen LogP contribution in [0.4, 0.5) is 4.79 Å². The van der Waals surface area contributed by atoms with Crippen molar-refractivity contribution in [3.63, 3.8) is 0 Å².